The summed E-state index contributed by atoms with van der Waals surface area (Å²) in [4.78, 5) is 0. The molecule has 0 heterocycles. The number of hydrogen-bond donors (Lipinski definition) is 1. The summed E-state index contributed by atoms with van der Waals surface area (Å²) in [7, 11) is 0. The first-order chi connectivity index (χ1) is 6.87. The van der Waals surface area contributed by atoms with Crippen LogP contribution in [0.4, 0.5) is 23.2 Å². The number of ether oxygens (including phenoxy) is 1. The van der Waals surface area contributed by atoms with Crippen molar-refractivity contribution >= 4 is 5.69 Å². The van der Waals surface area contributed by atoms with Gasteiger partial charge in [0.15, 0.2) is 0 Å². The number of nitrogens with two attached hydrogens (primary N) is 1. The van der Waals surface area contributed by atoms with Gasteiger partial charge >= 0.3 is 6.18 Å². The van der Waals surface area contributed by atoms with E-state index in [1.54, 1.807) is 0 Å². The van der Waals surface area contributed by atoms with Gasteiger partial charge in [-0.15, -0.1) is 0 Å². The number of rotatable bonds is 3. The molecule has 0 spiro atoms. The Morgan fingerprint density at radius 3 is 2.20 bits per heavy atom. The molecular formula is C9H9F4NO. The summed E-state index contributed by atoms with van der Waals surface area (Å²) in [6, 6.07) is 5.43. The topological polar surface area (TPSA) is 35.2 Å². The smallest absolute Gasteiger partial charge is 0.395 e. The molecule has 1 aromatic carbocycles. The molecule has 0 fully saturated rings. The van der Waals surface area contributed by atoms with Gasteiger partial charge in [-0.05, 0) is 24.3 Å². The van der Waals surface area contributed by atoms with Crippen molar-refractivity contribution in [3.63, 3.8) is 0 Å². The van der Waals surface area contributed by atoms with Gasteiger partial charge in [-0.2, -0.15) is 13.2 Å². The summed E-state index contributed by atoms with van der Waals surface area (Å²) in [5.74, 6) is 0.0148. The molecule has 84 valence electrons. The Labute approximate surface area is 83.6 Å². The lowest BCUT2D eigenvalue weighted by Gasteiger charge is -2.13. The average molecular weight is 223 g/mol. The molecule has 6 heteroatoms. The molecule has 15 heavy (non-hydrogen) atoms. The van der Waals surface area contributed by atoms with Crippen LogP contribution in [0.1, 0.15) is 6.42 Å². The van der Waals surface area contributed by atoms with Crippen LogP contribution in [0.3, 0.4) is 0 Å². The van der Waals surface area contributed by atoms with Crippen molar-refractivity contribution in [2.24, 2.45) is 0 Å². The van der Waals surface area contributed by atoms with Gasteiger partial charge < -0.3 is 10.5 Å². The van der Waals surface area contributed by atoms with Gasteiger partial charge in [0.1, 0.15) is 12.2 Å². The average Bonchev–Trinajstić information content (AvgIpc) is 2.05. The molecule has 1 unspecified atom stereocenters. The van der Waals surface area contributed by atoms with Crippen LogP contribution in [-0.2, 0) is 0 Å². The summed E-state index contributed by atoms with van der Waals surface area (Å²) in [6.45, 7) is 0. The van der Waals surface area contributed by atoms with Gasteiger partial charge in [0, 0.05) is 5.69 Å². The highest BCUT2D eigenvalue weighted by atomic mass is 19.4. The summed E-state index contributed by atoms with van der Waals surface area (Å²) >= 11 is 0. The number of halogens is 4. The predicted octanol–water partition coefficient (Wildman–Crippen LogP) is 2.90. The maximum atomic E-state index is 12.7. The molecular weight excluding hydrogens is 214 g/mol. The van der Waals surface area contributed by atoms with Crippen LogP contribution in [0.2, 0.25) is 0 Å². The van der Waals surface area contributed by atoms with E-state index in [2.05, 4.69) is 4.74 Å². The Hall–Kier alpha value is -1.46. The second-order valence-electron chi connectivity index (χ2n) is 2.92. The van der Waals surface area contributed by atoms with E-state index < -0.39 is 19.0 Å². The van der Waals surface area contributed by atoms with E-state index in [1.165, 1.54) is 24.3 Å². The molecule has 0 aliphatic rings. The molecule has 0 radical (unpaired) electrons. The third kappa shape index (κ3) is 4.53. The van der Waals surface area contributed by atoms with Gasteiger partial charge in [-0.1, -0.05) is 0 Å². The van der Waals surface area contributed by atoms with E-state index in [-0.39, 0.29) is 5.75 Å². The molecule has 0 saturated carbocycles. The fraction of sp³-hybridized carbons (Fsp3) is 0.333. The fourth-order valence-corrected chi connectivity index (χ4v) is 0.918. The minimum Gasteiger partial charge on any atom is -0.460 e. The lowest BCUT2D eigenvalue weighted by molar-refractivity contribution is -0.166. The number of nitrogen functional groups attached to an aromatic ring is 1. The van der Waals surface area contributed by atoms with Crippen molar-refractivity contribution in [1.29, 1.82) is 0 Å². The van der Waals surface area contributed by atoms with Crippen LogP contribution >= 0.6 is 0 Å². The number of benzene rings is 1. The maximum Gasteiger partial charge on any atom is 0.395 e. The highest BCUT2D eigenvalue weighted by Crippen LogP contribution is 2.25. The van der Waals surface area contributed by atoms with Crippen molar-refractivity contribution in [3.05, 3.63) is 24.3 Å². The molecule has 1 rings (SSSR count). The zero-order chi connectivity index (χ0) is 11.5. The van der Waals surface area contributed by atoms with Crippen LogP contribution in [0.15, 0.2) is 24.3 Å². The number of hydrogen-bond acceptors (Lipinski definition) is 2. The molecule has 2 nitrogen and oxygen atoms in total. The third-order valence-electron chi connectivity index (χ3n) is 1.54. The normalized spacial score (nSPS) is 13.6. The number of anilines is 1. The highest BCUT2D eigenvalue weighted by molar-refractivity contribution is 5.41. The summed E-state index contributed by atoms with van der Waals surface area (Å²) in [5, 5.41) is 0. The Morgan fingerprint density at radius 2 is 1.73 bits per heavy atom. The molecule has 1 atom stereocenters. The highest BCUT2D eigenvalue weighted by Gasteiger charge is 2.33. The molecule has 0 aliphatic heterocycles. The monoisotopic (exact) mass is 223 g/mol. The van der Waals surface area contributed by atoms with E-state index >= 15 is 0 Å². The third-order valence-corrected chi connectivity index (χ3v) is 1.54. The first-order valence-corrected chi connectivity index (χ1v) is 4.10. The van der Waals surface area contributed by atoms with E-state index in [0.717, 1.165) is 0 Å². The molecule has 0 amide bonds. The quantitative estimate of drug-likeness (QED) is 0.631. The van der Waals surface area contributed by atoms with E-state index in [9.17, 15) is 17.6 Å². The van der Waals surface area contributed by atoms with Crippen LogP contribution in [0, 0.1) is 0 Å². The zero-order valence-corrected chi connectivity index (χ0v) is 7.59. The molecule has 2 N–H and O–H groups in total. The summed E-state index contributed by atoms with van der Waals surface area (Å²) in [6.07, 6.45) is -8.60. The first-order valence-electron chi connectivity index (χ1n) is 4.10. The molecule has 0 saturated heterocycles. The van der Waals surface area contributed by atoms with Gasteiger partial charge in [0.25, 0.3) is 0 Å². The minimum atomic E-state index is -4.58. The Balaban J connectivity index is 2.51. The largest absolute Gasteiger partial charge is 0.460 e. The van der Waals surface area contributed by atoms with Gasteiger partial charge in [0.2, 0.25) is 6.36 Å². The maximum absolute atomic E-state index is 12.7. The van der Waals surface area contributed by atoms with E-state index in [1.807, 2.05) is 0 Å². The van der Waals surface area contributed by atoms with Crippen LogP contribution in [-0.4, -0.2) is 12.5 Å². The minimum absolute atomic E-state index is 0.0148. The SMILES string of the molecule is Nc1ccc(OC(F)CC(F)(F)F)cc1. The van der Waals surface area contributed by atoms with Crippen LogP contribution in [0.25, 0.3) is 0 Å². The number of alkyl halides is 4. The zero-order valence-electron chi connectivity index (χ0n) is 7.59. The Morgan fingerprint density at radius 1 is 1.20 bits per heavy atom. The van der Waals surface area contributed by atoms with E-state index in [0.29, 0.717) is 5.69 Å². The van der Waals surface area contributed by atoms with Crippen LogP contribution < -0.4 is 10.5 Å². The van der Waals surface area contributed by atoms with Crippen molar-refractivity contribution in [1.82, 2.24) is 0 Å². The van der Waals surface area contributed by atoms with Crippen molar-refractivity contribution < 1.29 is 22.3 Å². The molecule has 0 aliphatic carbocycles. The van der Waals surface area contributed by atoms with E-state index in [4.69, 9.17) is 5.73 Å². The molecule has 0 aromatic heterocycles. The van der Waals surface area contributed by atoms with Crippen molar-refractivity contribution in [2.45, 2.75) is 19.0 Å². The standard InChI is InChI=1S/C9H9F4NO/c10-8(5-9(11,12)13)15-7-3-1-6(14)2-4-7/h1-4,8H,5,14H2. The Bertz CT molecular complexity index is 309. The van der Waals surface area contributed by atoms with Crippen molar-refractivity contribution in [3.8, 4) is 5.75 Å². The Kier molecular flexibility index (Phi) is 3.39. The second kappa shape index (κ2) is 4.37. The molecule has 1 aromatic rings. The fourth-order valence-electron chi connectivity index (χ4n) is 0.918. The second-order valence-corrected chi connectivity index (χ2v) is 2.92. The lowest BCUT2D eigenvalue weighted by atomic mass is 10.3. The predicted molar refractivity (Wildman–Crippen MR) is 47.1 cm³/mol. The summed E-state index contributed by atoms with van der Waals surface area (Å²) < 4.78 is 52.3. The van der Waals surface area contributed by atoms with Crippen LogP contribution in [0.5, 0.6) is 5.75 Å². The summed E-state index contributed by atoms with van der Waals surface area (Å²) in [5.41, 5.74) is 5.75. The van der Waals surface area contributed by atoms with Crippen molar-refractivity contribution in [2.75, 3.05) is 5.73 Å². The molecule has 0 bridgehead atoms. The first kappa shape index (κ1) is 11.6. The van der Waals surface area contributed by atoms with Gasteiger partial charge in [-0.25, -0.2) is 4.39 Å². The lowest BCUT2D eigenvalue weighted by Crippen LogP contribution is -2.20. The van der Waals surface area contributed by atoms with Gasteiger partial charge in [-0.3, -0.25) is 0 Å². The van der Waals surface area contributed by atoms with Gasteiger partial charge in [0.05, 0.1) is 0 Å².